The van der Waals surface area contributed by atoms with Gasteiger partial charge in [0.05, 0.1) is 36.5 Å². The predicted molar refractivity (Wildman–Crippen MR) is 135 cm³/mol. The molecular weight excluding hydrogens is 478 g/mol. The molecule has 0 saturated carbocycles. The number of hydrogen-bond acceptors (Lipinski definition) is 8. The fraction of sp³-hybridized carbons (Fsp3) is 0.115. The maximum absolute atomic E-state index is 13.0. The molecule has 0 fully saturated rings. The Balaban J connectivity index is 1.39. The molecule has 0 aliphatic carbocycles. The molecule has 1 N–H and O–H groups in total. The minimum Gasteiger partial charge on any atom is -0.497 e. The van der Waals surface area contributed by atoms with Gasteiger partial charge in [0, 0.05) is 11.8 Å². The Bertz CT molecular complexity index is 1640. The van der Waals surface area contributed by atoms with Gasteiger partial charge in [0.1, 0.15) is 28.3 Å². The molecule has 186 valence electrons. The third-order valence-corrected chi connectivity index (χ3v) is 5.77. The smallest absolute Gasteiger partial charge is 0.291 e. The second kappa shape index (κ2) is 9.46. The first-order valence-electron chi connectivity index (χ1n) is 11.1. The number of rotatable bonds is 7. The van der Waals surface area contributed by atoms with Crippen molar-refractivity contribution >= 4 is 28.3 Å². The number of anilines is 1. The van der Waals surface area contributed by atoms with Crippen LogP contribution in [-0.2, 0) is 0 Å². The number of carbonyl (C=O) groups excluding carboxylic acids is 1. The number of amides is 1. The molecule has 2 aromatic heterocycles. The van der Waals surface area contributed by atoms with Crippen LogP contribution in [-0.4, -0.2) is 40.0 Å². The van der Waals surface area contributed by atoms with E-state index in [4.69, 9.17) is 13.9 Å². The molecule has 5 rings (SSSR count). The summed E-state index contributed by atoms with van der Waals surface area (Å²) in [6.07, 6.45) is 0. The number of non-ortho nitro benzene ring substituents is 1. The van der Waals surface area contributed by atoms with Crippen LogP contribution in [0.5, 0.6) is 11.5 Å². The van der Waals surface area contributed by atoms with E-state index < -0.39 is 10.8 Å². The summed E-state index contributed by atoms with van der Waals surface area (Å²) < 4.78 is 16.2. The average Bonchev–Trinajstić information content (AvgIpc) is 3.56. The number of hydrogen-bond donors (Lipinski definition) is 1. The van der Waals surface area contributed by atoms with Gasteiger partial charge in [0.15, 0.2) is 5.76 Å². The van der Waals surface area contributed by atoms with E-state index in [2.05, 4.69) is 15.5 Å². The lowest BCUT2D eigenvalue weighted by Gasteiger charge is -2.07. The van der Waals surface area contributed by atoms with Crippen LogP contribution in [0.25, 0.3) is 28.0 Å². The summed E-state index contributed by atoms with van der Waals surface area (Å²) in [5.41, 5.74) is 3.78. The van der Waals surface area contributed by atoms with Crippen molar-refractivity contribution < 1.29 is 23.6 Å². The number of nitro benzene ring substituents is 1. The molecule has 2 heterocycles. The molecule has 11 nitrogen and oxygen atoms in total. The molecule has 0 saturated heterocycles. The Kier molecular flexibility index (Phi) is 6.02. The van der Waals surface area contributed by atoms with E-state index in [1.54, 1.807) is 19.2 Å². The molecular formula is C26H21N5O6. The fourth-order valence-electron chi connectivity index (χ4n) is 3.82. The zero-order valence-corrected chi connectivity index (χ0v) is 20.1. The number of methoxy groups -OCH3 is 2. The number of nitrogens with zero attached hydrogens (tertiary/aromatic N) is 4. The molecule has 11 heteroatoms. The molecule has 1 amide bonds. The molecule has 0 radical (unpaired) electrons. The second-order valence-corrected chi connectivity index (χ2v) is 8.10. The fourth-order valence-corrected chi connectivity index (χ4v) is 3.82. The molecule has 3 aromatic carbocycles. The zero-order valence-electron chi connectivity index (χ0n) is 20.1. The van der Waals surface area contributed by atoms with Gasteiger partial charge in [-0.25, -0.2) is 0 Å². The van der Waals surface area contributed by atoms with Crippen LogP contribution in [0, 0.1) is 17.0 Å². The predicted octanol–water partition coefficient (Wildman–Crippen LogP) is 5.17. The van der Waals surface area contributed by atoms with Crippen molar-refractivity contribution in [2.24, 2.45) is 0 Å². The lowest BCUT2D eigenvalue weighted by atomic mass is 10.1. The molecule has 0 aliphatic heterocycles. The van der Waals surface area contributed by atoms with E-state index >= 15 is 0 Å². The number of benzene rings is 3. The van der Waals surface area contributed by atoms with Gasteiger partial charge < -0.3 is 19.2 Å². The van der Waals surface area contributed by atoms with Gasteiger partial charge in [-0.3, -0.25) is 14.9 Å². The van der Waals surface area contributed by atoms with Gasteiger partial charge in [-0.2, -0.15) is 4.80 Å². The second-order valence-electron chi connectivity index (χ2n) is 8.10. The van der Waals surface area contributed by atoms with Gasteiger partial charge in [0.25, 0.3) is 11.6 Å². The number of ether oxygens (including phenoxy) is 2. The van der Waals surface area contributed by atoms with E-state index in [0.717, 1.165) is 17.0 Å². The summed E-state index contributed by atoms with van der Waals surface area (Å²) in [6.45, 7) is 1.86. The Morgan fingerprint density at radius 3 is 2.38 bits per heavy atom. The first kappa shape index (κ1) is 23.5. The summed E-state index contributed by atoms with van der Waals surface area (Å²) in [4.78, 5) is 25.0. The van der Waals surface area contributed by atoms with E-state index in [1.807, 2.05) is 37.3 Å². The highest BCUT2D eigenvalue weighted by molar-refractivity contribution is 6.04. The standard InChI is InChI=1S/C26H21N5O6/c1-15-12-21-22(29-30(28-21)16-4-7-18(35-2)8-5-16)14-20(15)27-26(32)24-11-10-23(37-24)19-9-6-17(31(33)34)13-25(19)36-3/h4-14H,1-3H3,(H,27,32). The third kappa shape index (κ3) is 4.57. The molecule has 0 atom stereocenters. The van der Waals surface area contributed by atoms with Gasteiger partial charge in [-0.15, -0.1) is 10.2 Å². The van der Waals surface area contributed by atoms with Gasteiger partial charge in [-0.1, -0.05) is 0 Å². The van der Waals surface area contributed by atoms with Crippen LogP contribution in [0.2, 0.25) is 0 Å². The molecule has 0 bridgehead atoms. The van der Waals surface area contributed by atoms with Crippen LogP contribution in [0.15, 0.2) is 71.1 Å². The molecule has 5 aromatic rings. The number of nitrogens with one attached hydrogen (secondary N) is 1. The summed E-state index contributed by atoms with van der Waals surface area (Å²) in [5.74, 6) is 0.937. The largest absolute Gasteiger partial charge is 0.497 e. The van der Waals surface area contributed by atoms with Gasteiger partial charge in [-0.05, 0) is 67.1 Å². The van der Waals surface area contributed by atoms with E-state index in [0.29, 0.717) is 28.0 Å². The van der Waals surface area contributed by atoms with Crippen LogP contribution in [0.4, 0.5) is 11.4 Å². The van der Waals surface area contributed by atoms with Crippen LogP contribution >= 0.6 is 0 Å². The number of carbonyl (C=O) groups is 1. The van der Waals surface area contributed by atoms with Crippen molar-refractivity contribution in [3.05, 3.63) is 88.2 Å². The van der Waals surface area contributed by atoms with Crippen molar-refractivity contribution in [3.63, 3.8) is 0 Å². The highest BCUT2D eigenvalue weighted by Gasteiger charge is 2.19. The van der Waals surface area contributed by atoms with Crippen molar-refractivity contribution in [2.45, 2.75) is 6.92 Å². The molecule has 37 heavy (non-hydrogen) atoms. The first-order valence-corrected chi connectivity index (χ1v) is 11.1. The highest BCUT2D eigenvalue weighted by Crippen LogP contribution is 2.34. The Labute approximate surface area is 210 Å². The maximum atomic E-state index is 13.0. The average molecular weight is 499 g/mol. The first-order chi connectivity index (χ1) is 17.9. The van der Waals surface area contributed by atoms with Crippen molar-refractivity contribution in [1.82, 2.24) is 15.0 Å². The minimum absolute atomic E-state index is 0.0665. The van der Waals surface area contributed by atoms with Crippen LogP contribution < -0.4 is 14.8 Å². The highest BCUT2D eigenvalue weighted by atomic mass is 16.6. The monoisotopic (exact) mass is 499 g/mol. The van der Waals surface area contributed by atoms with Gasteiger partial charge >= 0.3 is 0 Å². The summed E-state index contributed by atoms with van der Waals surface area (Å²) >= 11 is 0. The third-order valence-electron chi connectivity index (χ3n) is 5.77. The van der Waals surface area contributed by atoms with Crippen LogP contribution in [0.3, 0.4) is 0 Å². The Morgan fingerprint density at radius 1 is 0.973 bits per heavy atom. The van der Waals surface area contributed by atoms with Gasteiger partial charge in [0.2, 0.25) is 0 Å². The molecule has 0 aliphatic rings. The SMILES string of the molecule is COc1ccc(-n2nc3cc(C)c(NC(=O)c4ccc(-c5ccc([N+](=O)[O-])cc5OC)o4)cc3n2)cc1. The lowest BCUT2D eigenvalue weighted by molar-refractivity contribution is -0.384. The molecule has 0 spiro atoms. The quantitative estimate of drug-likeness (QED) is 0.239. The normalized spacial score (nSPS) is 10.9. The van der Waals surface area contributed by atoms with E-state index in [9.17, 15) is 14.9 Å². The van der Waals surface area contributed by atoms with Crippen molar-refractivity contribution in [1.29, 1.82) is 0 Å². The minimum atomic E-state index is -0.512. The number of aromatic nitrogens is 3. The Hall–Kier alpha value is -5.19. The number of aryl methyl sites for hydroxylation is 1. The number of fused-ring (bicyclic) bond motifs is 1. The Morgan fingerprint density at radius 2 is 1.70 bits per heavy atom. The zero-order chi connectivity index (χ0) is 26.1. The number of nitro groups is 1. The van der Waals surface area contributed by atoms with Crippen molar-refractivity contribution in [3.8, 4) is 28.5 Å². The number of furan rings is 1. The maximum Gasteiger partial charge on any atom is 0.291 e. The lowest BCUT2D eigenvalue weighted by Crippen LogP contribution is -2.11. The van der Waals surface area contributed by atoms with Crippen LogP contribution in [0.1, 0.15) is 16.1 Å². The summed E-state index contributed by atoms with van der Waals surface area (Å²) in [5, 5.41) is 23.0. The van der Waals surface area contributed by atoms with E-state index in [-0.39, 0.29) is 17.2 Å². The topological polar surface area (TPSA) is 135 Å². The van der Waals surface area contributed by atoms with E-state index in [1.165, 1.54) is 36.2 Å². The summed E-state index contributed by atoms with van der Waals surface area (Å²) in [6, 6.07) is 18.2. The molecule has 0 unspecified atom stereocenters. The van der Waals surface area contributed by atoms with Crippen molar-refractivity contribution in [2.75, 3.05) is 19.5 Å². The summed E-state index contributed by atoms with van der Waals surface area (Å²) in [7, 11) is 3.01.